The molecule has 0 unspecified atom stereocenters. The van der Waals surface area contributed by atoms with Gasteiger partial charge in [-0.3, -0.25) is 4.79 Å². The molecule has 1 amide bonds. The number of para-hydroxylation sites is 1. The molecule has 0 saturated carbocycles. The van der Waals surface area contributed by atoms with Crippen LogP contribution in [0.3, 0.4) is 0 Å². The third-order valence-electron chi connectivity index (χ3n) is 4.50. The van der Waals surface area contributed by atoms with E-state index >= 15 is 0 Å². The SMILES string of the molecule is C=CCn1c(C)c(/C=N\NC(=O)Cc2ccc(OC)cc2)c2ccccc21. The van der Waals surface area contributed by atoms with Gasteiger partial charge in [0.15, 0.2) is 0 Å². The summed E-state index contributed by atoms with van der Waals surface area (Å²) in [6, 6.07) is 15.6. The fourth-order valence-corrected chi connectivity index (χ4v) is 3.12. The number of carbonyl (C=O) groups excluding carboxylic acids is 1. The van der Waals surface area contributed by atoms with Gasteiger partial charge in [-0.05, 0) is 30.7 Å². The van der Waals surface area contributed by atoms with Crippen molar-refractivity contribution in [3.05, 3.63) is 78.0 Å². The van der Waals surface area contributed by atoms with Crippen molar-refractivity contribution in [3.8, 4) is 5.75 Å². The third-order valence-corrected chi connectivity index (χ3v) is 4.50. The Morgan fingerprint density at radius 2 is 1.96 bits per heavy atom. The normalized spacial score (nSPS) is 11.0. The Balaban J connectivity index is 1.73. The van der Waals surface area contributed by atoms with E-state index in [0.29, 0.717) is 0 Å². The summed E-state index contributed by atoms with van der Waals surface area (Å²) in [5.41, 5.74) is 6.73. The average molecular weight is 361 g/mol. The van der Waals surface area contributed by atoms with Crippen LogP contribution in [-0.4, -0.2) is 23.8 Å². The maximum atomic E-state index is 12.1. The summed E-state index contributed by atoms with van der Waals surface area (Å²) < 4.78 is 7.30. The molecular weight excluding hydrogens is 338 g/mol. The molecule has 0 atom stereocenters. The van der Waals surface area contributed by atoms with E-state index in [9.17, 15) is 4.79 Å². The highest BCUT2D eigenvalue weighted by Gasteiger charge is 2.11. The molecule has 0 aliphatic carbocycles. The van der Waals surface area contributed by atoms with Gasteiger partial charge >= 0.3 is 0 Å². The van der Waals surface area contributed by atoms with E-state index in [0.717, 1.165) is 40.0 Å². The van der Waals surface area contributed by atoms with Gasteiger partial charge in [-0.15, -0.1) is 6.58 Å². The lowest BCUT2D eigenvalue weighted by Crippen LogP contribution is -2.19. The molecule has 0 spiro atoms. The Hall–Kier alpha value is -3.34. The second kappa shape index (κ2) is 8.36. The minimum Gasteiger partial charge on any atom is -0.497 e. The van der Waals surface area contributed by atoms with Crippen molar-refractivity contribution in [2.75, 3.05) is 7.11 Å². The Bertz CT molecular complexity index is 985. The van der Waals surface area contributed by atoms with Gasteiger partial charge in [0.2, 0.25) is 5.91 Å². The standard InChI is InChI=1S/C22H23N3O2/c1-4-13-25-16(2)20(19-7-5-6-8-21(19)25)15-23-24-22(26)14-17-9-11-18(27-3)12-10-17/h4-12,15H,1,13-14H2,2-3H3,(H,24,26)/b23-15-. The van der Waals surface area contributed by atoms with Crippen LogP contribution in [0.25, 0.3) is 10.9 Å². The van der Waals surface area contributed by atoms with Crippen molar-refractivity contribution in [1.82, 2.24) is 9.99 Å². The number of methoxy groups -OCH3 is 1. The number of ether oxygens (including phenoxy) is 1. The van der Waals surface area contributed by atoms with Gasteiger partial charge in [0, 0.05) is 28.7 Å². The minimum absolute atomic E-state index is 0.163. The van der Waals surface area contributed by atoms with Gasteiger partial charge in [-0.25, -0.2) is 5.43 Å². The molecule has 0 aliphatic rings. The van der Waals surface area contributed by atoms with Gasteiger partial charge < -0.3 is 9.30 Å². The second-order valence-electron chi connectivity index (χ2n) is 6.23. The summed E-state index contributed by atoms with van der Waals surface area (Å²) in [6.45, 7) is 6.60. The first-order valence-corrected chi connectivity index (χ1v) is 8.77. The molecule has 1 aromatic heterocycles. The summed E-state index contributed by atoms with van der Waals surface area (Å²) in [5, 5.41) is 5.27. The quantitative estimate of drug-likeness (QED) is 0.395. The molecule has 5 heteroatoms. The van der Waals surface area contributed by atoms with Crippen LogP contribution >= 0.6 is 0 Å². The van der Waals surface area contributed by atoms with Crippen LogP contribution in [0.1, 0.15) is 16.8 Å². The van der Waals surface area contributed by atoms with Gasteiger partial charge in [0.25, 0.3) is 0 Å². The number of fused-ring (bicyclic) bond motifs is 1. The molecule has 1 N–H and O–H groups in total. The topological polar surface area (TPSA) is 55.6 Å². The Morgan fingerprint density at radius 3 is 2.67 bits per heavy atom. The van der Waals surface area contributed by atoms with Crippen molar-refractivity contribution in [1.29, 1.82) is 0 Å². The average Bonchev–Trinajstić information content (AvgIpc) is 2.95. The van der Waals surface area contributed by atoms with Crippen LogP contribution in [-0.2, 0) is 17.8 Å². The van der Waals surface area contributed by atoms with Crippen molar-refractivity contribution >= 4 is 23.0 Å². The molecule has 0 bridgehead atoms. The molecule has 5 nitrogen and oxygen atoms in total. The summed E-state index contributed by atoms with van der Waals surface area (Å²) in [6.07, 6.45) is 3.85. The molecule has 3 rings (SSSR count). The molecule has 2 aromatic carbocycles. The lowest BCUT2D eigenvalue weighted by Gasteiger charge is -2.04. The highest BCUT2D eigenvalue weighted by Crippen LogP contribution is 2.24. The molecule has 0 saturated heterocycles. The van der Waals surface area contributed by atoms with Gasteiger partial charge in [0.1, 0.15) is 5.75 Å². The maximum absolute atomic E-state index is 12.1. The van der Waals surface area contributed by atoms with E-state index in [1.807, 2.05) is 49.4 Å². The van der Waals surface area contributed by atoms with E-state index in [4.69, 9.17) is 4.74 Å². The Kier molecular flexibility index (Phi) is 5.71. The smallest absolute Gasteiger partial charge is 0.244 e. The Labute approximate surface area is 159 Å². The largest absolute Gasteiger partial charge is 0.497 e. The lowest BCUT2D eigenvalue weighted by molar-refractivity contribution is -0.120. The number of hydrogen-bond acceptors (Lipinski definition) is 3. The molecule has 0 fully saturated rings. The first-order chi connectivity index (χ1) is 13.1. The maximum Gasteiger partial charge on any atom is 0.244 e. The van der Waals surface area contributed by atoms with Crippen LogP contribution in [0.2, 0.25) is 0 Å². The zero-order chi connectivity index (χ0) is 19.2. The Morgan fingerprint density at radius 1 is 1.22 bits per heavy atom. The van der Waals surface area contributed by atoms with Crippen molar-refractivity contribution in [3.63, 3.8) is 0 Å². The summed E-state index contributed by atoms with van der Waals surface area (Å²) in [4.78, 5) is 12.1. The number of benzene rings is 2. The van der Waals surface area contributed by atoms with Crippen molar-refractivity contribution in [2.24, 2.45) is 5.10 Å². The number of amides is 1. The number of hydrogen-bond donors (Lipinski definition) is 1. The predicted octanol–water partition coefficient (Wildman–Crippen LogP) is 3.84. The van der Waals surface area contributed by atoms with E-state index in [-0.39, 0.29) is 12.3 Å². The monoisotopic (exact) mass is 361 g/mol. The first-order valence-electron chi connectivity index (χ1n) is 8.77. The second-order valence-corrected chi connectivity index (χ2v) is 6.23. The predicted molar refractivity (Wildman–Crippen MR) is 109 cm³/mol. The van der Waals surface area contributed by atoms with Crippen LogP contribution in [0.4, 0.5) is 0 Å². The van der Waals surface area contributed by atoms with E-state index in [2.05, 4.69) is 33.8 Å². The third kappa shape index (κ3) is 4.08. The summed E-state index contributed by atoms with van der Waals surface area (Å²) in [7, 11) is 1.62. The molecule has 0 radical (unpaired) electrons. The summed E-state index contributed by atoms with van der Waals surface area (Å²) >= 11 is 0. The van der Waals surface area contributed by atoms with Crippen LogP contribution < -0.4 is 10.2 Å². The fourth-order valence-electron chi connectivity index (χ4n) is 3.12. The van der Waals surface area contributed by atoms with Crippen LogP contribution in [0, 0.1) is 6.92 Å². The van der Waals surface area contributed by atoms with E-state index in [1.54, 1.807) is 13.3 Å². The summed E-state index contributed by atoms with van der Waals surface area (Å²) in [5.74, 6) is 0.604. The first kappa shape index (κ1) is 18.5. The number of nitrogens with zero attached hydrogens (tertiary/aromatic N) is 2. The van der Waals surface area contributed by atoms with E-state index in [1.165, 1.54) is 0 Å². The number of hydrazone groups is 1. The number of carbonyl (C=O) groups is 1. The highest BCUT2D eigenvalue weighted by molar-refractivity contribution is 6.01. The molecule has 1 heterocycles. The molecule has 3 aromatic rings. The zero-order valence-corrected chi connectivity index (χ0v) is 15.6. The number of rotatable bonds is 7. The molecule has 27 heavy (non-hydrogen) atoms. The van der Waals surface area contributed by atoms with Crippen LogP contribution in [0.5, 0.6) is 5.75 Å². The van der Waals surface area contributed by atoms with Gasteiger partial charge in [0.05, 0.1) is 19.7 Å². The molecule has 138 valence electrons. The number of aromatic nitrogens is 1. The van der Waals surface area contributed by atoms with Gasteiger partial charge in [-0.2, -0.15) is 5.10 Å². The number of allylic oxidation sites excluding steroid dienone is 1. The fraction of sp³-hybridized carbons (Fsp3) is 0.182. The molecule has 0 aliphatic heterocycles. The van der Waals surface area contributed by atoms with Gasteiger partial charge in [-0.1, -0.05) is 36.4 Å². The highest BCUT2D eigenvalue weighted by atomic mass is 16.5. The van der Waals surface area contributed by atoms with Crippen molar-refractivity contribution in [2.45, 2.75) is 19.9 Å². The molecular formula is C22H23N3O2. The van der Waals surface area contributed by atoms with Crippen molar-refractivity contribution < 1.29 is 9.53 Å². The number of nitrogens with one attached hydrogen (secondary N) is 1. The van der Waals surface area contributed by atoms with E-state index < -0.39 is 0 Å². The lowest BCUT2D eigenvalue weighted by atomic mass is 10.1. The van der Waals surface area contributed by atoms with Crippen LogP contribution in [0.15, 0.2) is 66.3 Å². The zero-order valence-electron chi connectivity index (χ0n) is 15.6. The minimum atomic E-state index is -0.163.